The summed E-state index contributed by atoms with van der Waals surface area (Å²) in [6.45, 7) is 3.86. The number of aryl methyl sites for hydroxylation is 2. The van der Waals surface area contributed by atoms with Crippen LogP contribution in [0.4, 0.5) is 4.39 Å². The number of rotatable bonds is 5. The Morgan fingerprint density at radius 2 is 1.94 bits per heavy atom. The molecule has 0 bridgehead atoms. The maximum Gasteiger partial charge on any atom is 0.295 e. The van der Waals surface area contributed by atoms with E-state index < -0.39 is 23.5 Å². The molecule has 0 saturated carbocycles. The second kappa shape index (κ2) is 8.00. The van der Waals surface area contributed by atoms with Gasteiger partial charge in [0.05, 0.1) is 18.2 Å². The third-order valence-corrected chi connectivity index (χ3v) is 5.72. The number of nitrogens with one attached hydrogen (secondary N) is 1. The number of benzene rings is 2. The molecule has 4 rings (SSSR count). The van der Waals surface area contributed by atoms with Crippen LogP contribution in [0.25, 0.3) is 16.7 Å². The Bertz CT molecular complexity index is 1230. The molecule has 1 fully saturated rings. The molecule has 160 valence electrons. The van der Waals surface area contributed by atoms with Crippen LogP contribution in [0.2, 0.25) is 0 Å². The number of methoxy groups -OCH3 is 1. The van der Waals surface area contributed by atoms with Gasteiger partial charge in [-0.1, -0.05) is 18.2 Å². The number of aliphatic hydroxyl groups excluding tert-OH is 1. The monoisotopic (exact) mass is 422 g/mol. The summed E-state index contributed by atoms with van der Waals surface area (Å²) >= 11 is 0. The molecule has 31 heavy (non-hydrogen) atoms. The maximum atomic E-state index is 13.8. The van der Waals surface area contributed by atoms with Crippen molar-refractivity contribution in [2.45, 2.75) is 19.9 Å². The van der Waals surface area contributed by atoms with Crippen LogP contribution in [0.1, 0.15) is 28.4 Å². The number of para-hydroxylation sites is 1. The highest BCUT2D eigenvalue weighted by molar-refractivity contribution is 6.46. The highest BCUT2D eigenvalue weighted by Crippen LogP contribution is 2.43. The number of halogens is 1. The minimum absolute atomic E-state index is 0.0139. The molecule has 1 aromatic heterocycles. The normalized spacial score (nSPS) is 18.3. The summed E-state index contributed by atoms with van der Waals surface area (Å²) in [7, 11) is 1.52. The molecule has 0 spiro atoms. The number of H-pyrrole nitrogens is 1. The predicted molar refractivity (Wildman–Crippen MR) is 115 cm³/mol. The van der Waals surface area contributed by atoms with Gasteiger partial charge < -0.3 is 19.7 Å². The average Bonchev–Trinajstić information content (AvgIpc) is 3.20. The number of Topliss-reactive ketones (excluding diaryl/α,β-unsaturated/α-hetero) is 1. The average molecular weight is 422 g/mol. The first-order valence-corrected chi connectivity index (χ1v) is 9.96. The van der Waals surface area contributed by atoms with Crippen LogP contribution in [0.3, 0.4) is 0 Å². The van der Waals surface area contributed by atoms with Gasteiger partial charge in [0, 0.05) is 41.4 Å². The lowest BCUT2D eigenvalue weighted by Crippen LogP contribution is -2.32. The Morgan fingerprint density at radius 3 is 2.65 bits per heavy atom. The number of hydrogen-bond acceptors (Lipinski definition) is 4. The lowest BCUT2D eigenvalue weighted by molar-refractivity contribution is -0.140. The van der Waals surface area contributed by atoms with Gasteiger partial charge in [0.25, 0.3) is 11.7 Å². The van der Waals surface area contributed by atoms with Crippen LogP contribution >= 0.6 is 0 Å². The Kier molecular flexibility index (Phi) is 5.37. The summed E-state index contributed by atoms with van der Waals surface area (Å²) in [4.78, 5) is 30.7. The van der Waals surface area contributed by atoms with Gasteiger partial charge in [0.2, 0.25) is 0 Å². The summed E-state index contributed by atoms with van der Waals surface area (Å²) < 4.78 is 18.9. The van der Waals surface area contributed by atoms with Crippen molar-refractivity contribution in [2.75, 3.05) is 20.3 Å². The van der Waals surface area contributed by atoms with Crippen LogP contribution in [0.5, 0.6) is 0 Å². The number of hydrogen-bond donors (Lipinski definition) is 2. The van der Waals surface area contributed by atoms with Gasteiger partial charge in [0.15, 0.2) is 0 Å². The molecule has 1 unspecified atom stereocenters. The van der Waals surface area contributed by atoms with Gasteiger partial charge in [0.1, 0.15) is 11.6 Å². The van der Waals surface area contributed by atoms with E-state index in [-0.39, 0.29) is 30.0 Å². The second-order valence-electron chi connectivity index (χ2n) is 7.66. The van der Waals surface area contributed by atoms with Crippen molar-refractivity contribution in [3.63, 3.8) is 0 Å². The predicted octanol–water partition coefficient (Wildman–Crippen LogP) is 3.99. The third-order valence-electron chi connectivity index (χ3n) is 5.72. The molecule has 2 aromatic carbocycles. The Hall–Kier alpha value is -3.45. The molecule has 2 heterocycles. The summed E-state index contributed by atoms with van der Waals surface area (Å²) in [6.07, 6.45) is 0. The number of aromatic nitrogens is 1. The van der Waals surface area contributed by atoms with E-state index in [9.17, 15) is 19.1 Å². The molecule has 7 heteroatoms. The molecular formula is C24H23FN2O4. The van der Waals surface area contributed by atoms with Crippen LogP contribution in [0, 0.1) is 19.7 Å². The SMILES string of the molecule is COCCN1C(=O)C(=O)/C(=C(/O)c2ccc(F)c(C)c2)C1c1c(C)[nH]c2ccccc12. The fraction of sp³-hybridized carbons (Fsp3) is 0.250. The number of carbonyl (C=O) groups excluding carboxylic acids is 2. The van der Waals surface area contributed by atoms with Gasteiger partial charge >= 0.3 is 0 Å². The topological polar surface area (TPSA) is 82.6 Å². The van der Waals surface area contributed by atoms with Gasteiger partial charge in [-0.05, 0) is 43.7 Å². The number of nitrogens with zero attached hydrogens (tertiary/aromatic N) is 1. The van der Waals surface area contributed by atoms with E-state index in [1.165, 1.54) is 30.2 Å². The van der Waals surface area contributed by atoms with Crippen molar-refractivity contribution in [3.05, 3.63) is 76.2 Å². The number of ether oxygens (including phenoxy) is 1. The van der Waals surface area contributed by atoms with E-state index in [0.717, 1.165) is 22.2 Å². The second-order valence-corrected chi connectivity index (χ2v) is 7.66. The smallest absolute Gasteiger partial charge is 0.295 e. The number of likely N-dealkylation sites (tertiary alicyclic amines) is 1. The molecule has 2 N–H and O–H groups in total. The maximum absolute atomic E-state index is 13.8. The first kappa shape index (κ1) is 20.8. The fourth-order valence-electron chi connectivity index (χ4n) is 4.20. The number of aromatic amines is 1. The van der Waals surface area contributed by atoms with E-state index >= 15 is 0 Å². The molecule has 3 aromatic rings. The van der Waals surface area contributed by atoms with Gasteiger partial charge in [-0.3, -0.25) is 9.59 Å². The van der Waals surface area contributed by atoms with Crippen molar-refractivity contribution in [1.82, 2.24) is 9.88 Å². The van der Waals surface area contributed by atoms with Crippen molar-refractivity contribution in [2.24, 2.45) is 0 Å². The Morgan fingerprint density at radius 1 is 1.19 bits per heavy atom. The number of carbonyl (C=O) groups is 2. The van der Waals surface area contributed by atoms with Gasteiger partial charge in [-0.25, -0.2) is 4.39 Å². The lowest BCUT2D eigenvalue weighted by atomic mass is 9.93. The molecule has 6 nitrogen and oxygen atoms in total. The van der Waals surface area contributed by atoms with E-state index in [2.05, 4.69) is 4.98 Å². The van der Waals surface area contributed by atoms with Crippen LogP contribution in [-0.4, -0.2) is 46.9 Å². The molecule has 1 saturated heterocycles. The number of aliphatic hydroxyl groups is 1. The molecule has 0 aliphatic carbocycles. The van der Waals surface area contributed by atoms with E-state index in [0.29, 0.717) is 5.56 Å². The lowest BCUT2D eigenvalue weighted by Gasteiger charge is -2.25. The van der Waals surface area contributed by atoms with Crippen molar-refractivity contribution in [3.8, 4) is 0 Å². The molecular weight excluding hydrogens is 399 g/mol. The molecule has 0 radical (unpaired) electrons. The quantitative estimate of drug-likeness (QED) is 0.370. The Labute approximate surface area is 178 Å². The molecule has 1 aliphatic rings. The zero-order valence-electron chi connectivity index (χ0n) is 17.5. The summed E-state index contributed by atoms with van der Waals surface area (Å²) in [5, 5.41) is 12.0. The Balaban J connectivity index is 1.97. The van der Waals surface area contributed by atoms with Crippen LogP contribution in [-0.2, 0) is 14.3 Å². The summed E-state index contributed by atoms with van der Waals surface area (Å²) in [6, 6.07) is 10.9. The van der Waals surface area contributed by atoms with Crippen molar-refractivity contribution < 1.29 is 23.8 Å². The largest absolute Gasteiger partial charge is 0.507 e. The highest BCUT2D eigenvalue weighted by atomic mass is 19.1. The molecule has 1 amide bonds. The number of amides is 1. The molecule has 1 atom stereocenters. The highest BCUT2D eigenvalue weighted by Gasteiger charge is 2.47. The third kappa shape index (κ3) is 3.41. The van der Waals surface area contributed by atoms with Gasteiger partial charge in [-0.15, -0.1) is 0 Å². The molecule has 1 aliphatic heterocycles. The summed E-state index contributed by atoms with van der Waals surface area (Å²) in [5.74, 6) is -2.21. The van der Waals surface area contributed by atoms with Gasteiger partial charge in [-0.2, -0.15) is 0 Å². The fourth-order valence-corrected chi connectivity index (χ4v) is 4.20. The van der Waals surface area contributed by atoms with Crippen molar-refractivity contribution in [1.29, 1.82) is 0 Å². The number of ketones is 1. The standard InChI is InChI=1S/C24H23FN2O4/c1-13-12-15(8-9-17(13)25)22(28)20-21(27(10-11-31-3)24(30)23(20)29)19-14(2)26-18-7-5-4-6-16(18)19/h4-9,12,21,26,28H,10-11H2,1-3H3/b22-20+. The van der Waals surface area contributed by atoms with Crippen molar-refractivity contribution >= 4 is 28.4 Å². The minimum Gasteiger partial charge on any atom is -0.507 e. The van der Waals surface area contributed by atoms with E-state index in [1.807, 2.05) is 31.2 Å². The number of fused-ring (bicyclic) bond motifs is 1. The first-order chi connectivity index (χ1) is 14.8. The van der Waals surface area contributed by atoms with E-state index in [1.54, 1.807) is 6.92 Å². The van der Waals surface area contributed by atoms with Crippen LogP contribution < -0.4 is 0 Å². The minimum atomic E-state index is -0.795. The first-order valence-electron chi connectivity index (χ1n) is 9.96. The van der Waals surface area contributed by atoms with E-state index in [4.69, 9.17) is 4.74 Å². The summed E-state index contributed by atoms with van der Waals surface area (Å²) in [5.41, 5.74) is 3.00. The van der Waals surface area contributed by atoms with Crippen LogP contribution in [0.15, 0.2) is 48.0 Å². The zero-order chi connectivity index (χ0) is 22.3. The zero-order valence-corrected chi connectivity index (χ0v) is 17.5.